The van der Waals surface area contributed by atoms with Crippen LogP contribution in [0.5, 0.6) is 0 Å². The molecule has 0 aromatic carbocycles. The van der Waals surface area contributed by atoms with E-state index in [2.05, 4.69) is 6.92 Å². The molecule has 13 heavy (non-hydrogen) atoms. The van der Waals surface area contributed by atoms with Crippen molar-refractivity contribution in [1.29, 1.82) is 0 Å². The Hall–Kier alpha value is -0.610. The maximum Gasteiger partial charge on any atom is 0.223 e. The molecule has 0 aromatic rings. The number of likely N-dealkylation sites (tertiary alicyclic amines) is 1. The van der Waals surface area contributed by atoms with Crippen LogP contribution < -0.4 is 5.73 Å². The SMILES string of the molecule is C[C@@H]1CN(C(=O)CCN)C[C@@H]1CO. The molecular formula is C9H18N2O2. The number of carbonyl (C=O) groups is 1. The van der Waals surface area contributed by atoms with Crippen LogP contribution in [-0.4, -0.2) is 42.2 Å². The molecule has 0 saturated carbocycles. The molecule has 0 spiro atoms. The Kier molecular flexibility index (Phi) is 3.69. The van der Waals surface area contributed by atoms with Gasteiger partial charge in [0, 0.05) is 38.6 Å². The molecule has 0 aliphatic carbocycles. The van der Waals surface area contributed by atoms with Crippen LogP contribution in [0.2, 0.25) is 0 Å². The molecule has 1 heterocycles. The minimum atomic E-state index is 0.116. The number of nitrogens with two attached hydrogens (primary N) is 1. The summed E-state index contributed by atoms with van der Waals surface area (Å²) in [5, 5.41) is 9.00. The fourth-order valence-corrected chi connectivity index (χ4v) is 1.76. The molecule has 1 rings (SSSR count). The lowest BCUT2D eigenvalue weighted by Crippen LogP contribution is -2.30. The highest BCUT2D eigenvalue weighted by Crippen LogP contribution is 2.22. The molecule has 4 heteroatoms. The molecule has 76 valence electrons. The average molecular weight is 186 g/mol. The van der Waals surface area contributed by atoms with Crippen LogP contribution in [0.1, 0.15) is 13.3 Å². The van der Waals surface area contributed by atoms with E-state index in [-0.39, 0.29) is 18.4 Å². The lowest BCUT2D eigenvalue weighted by Gasteiger charge is -2.15. The molecule has 1 saturated heterocycles. The third kappa shape index (κ3) is 2.42. The third-order valence-electron chi connectivity index (χ3n) is 2.71. The zero-order valence-electron chi connectivity index (χ0n) is 8.07. The number of amides is 1. The molecule has 4 nitrogen and oxygen atoms in total. The molecule has 1 aliphatic heterocycles. The molecule has 0 aromatic heterocycles. The van der Waals surface area contributed by atoms with Gasteiger partial charge in [0.1, 0.15) is 0 Å². The minimum Gasteiger partial charge on any atom is -0.396 e. The first-order valence-corrected chi connectivity index (χ1v) is 4.77. The Bertz CT molecular complexity index is 184. The van der Waals surface area contributed by atoms with Crippen LogP contribution >= 0.6 is 0 Å². The second kappa shape index (κ2) is 4.58. The van der Waals surface area contributed by atoms with Crippen molar-refractivity contribution in [2.75, 3.05) is 26.2 Å². The highest BCUT2D eigenvalue weighted by molar-refractivity contribution is 5.76. The van der Waals surface area contributed by atoms with Crippen molar-refractivity contribution in [3.63, 3.8) is 0 Å². The highest BCUT2D eigenvalue weighted by Gasteiger charge is 2.31. The maximum absolute atomic E-state index is 11.4. The van der Waals surface area contributed by atoms with E-state index in [1.54, 1.807) is 4.90 Å². The molecule has 3 N–H and O–H groups in total. The van der Waals surface area contributed by atoms with Crippen molar-refractivity contribution in [3.8, 4) is 0 Å². The van der Waals surface area contributed by atoms with Crippen molar-refractivity contribution < 1.29 is 9.90 Å². The van der Waals surface area contributed by atoms with Gasteiger partial charge in [-0.3, -0.25) is 4.79 Å². The lowest BCUT2D eigenvalue weighted by atomic mass is 10.00. The van der Waals surface area contributed by atoms with Gasteiger partial charge in [-0.15, -0.1) is 0 Å². The zero-order valence-corrected chi connectivity index (χ0v) is 8.07. The van der Waals surface area contributed by atoms with Gasteiger partial charge in [0.2, 0.25) is 5.91 Å². The second-order valence-electron chi connectivity index (χ2n) is 3.76. The topological polar surface area (TPSA) is 66.6 Å². The number of hydrogen-bond donors (Lipinski definition) is 2. The van der Waals surface area contributed by atoms with Crippen LogP contribution in [0.4, 0.5) is 0 Å². The summed E-state index contributed by atoms with van der Waals surface area (Å²) in [6.45, 7) is 4.11. The monoisotopic (exact) mass is 186 g/mol. The highest BCUT2D eigenvalue weighted by atomic mass is 16.3. The lowest BCUT2D eigenvalue weighted by molar-refractivity contribution is -0.130. The summed E-state index contributed by atoms with van der Waals surface area (Å²) >= 11 is 0. The summed E-state index contributed by atoms with van der Waals surface area (Å²) < 4.78 is 0. The molecule has 0 radical (unpaired) electrons. The van der Waals surface area contributed by atoms with Crippen molar-refractivity contribution in [2.45, 2.75) is 13.3 Å². The number of carbonyl (C=O) groups excluding carboxylic acids is 1. The van der Waals surface area contributed by atoms with Crippen LogP contribution in [0.25, 0.3) is 0 Å². The van der Waals surface area contributed by atoms with E-state index in [1.165, 1.54) is 0 Å². The normalized spacial score (nSPS) is 28.1. The van der Waals surface area contributed by atoms with Gasteiger partial charge in [-0.2, -0.15) is 0 Å². The van der Waals surface area contributed by atoms with Gasteiger partial charge in [-0.1, -0.05) is 6.92 Å². The van der Waals surface area contributed by atoms with Crippen LogP contribution in [0, 0.1) is 11.8 Å². The first-order valence-electron chi connectivity index (χ1n) is 4.77. The number of rotatable bonds is 3. The van der Waals surface area contributed by atoms with E-state index >= 15 is 0 Å². The Morgan fingerprint density at radius 1 is 1.62 bits per heavy atom. The summed E-state index contributed by atoms with van der Waals surface area (Å²) in [4.78, 5) is 13.2. The molecule has 1 aliphatic rings. The third-order valence-corrected chi connectivity index (χ3v) is 2.71. The summed E-state index contributed by atoms with van der Waals surface area (Å²) in [5.74, 6) is 0.777. The summed E-state index contributed by atoms with van der Waals surface area (Å²) in [6.07, 6.45) is 0.421. The Balaban J connectivity index is 2.43. The molecule has 1 amide bonds. The molecule has 1 fully saturated rings. The van der Waals surface area contributed by atoms with Crippen LogP contribution in [-0.2, 0) is 4.79 Å². The van der Waals surface area contributed by atoms with Gasteiger partial charge in [-0.25, -0.2) is 0 Å². The van der Waals surface area contributed by atoms with Gasteiger partial charge in [-0.05, 0) is 5.92 Å². The summed E-state index contributed by atoms with van der Waals surface area (Å²) in [7, 11) is 0. The zero-order chi connectivity index (χ0) is 9.84. The molecular weight excluding hydrogens is 168 g/mol. The molecule has 2 atom stereocenters. The number of hydrogen-bond acceptors (Lipinski definition) is 3. The largest absolute Gasteiger partial charge is 0.396 e. The predicted molar refractivity (Wildman–Crippen MR) is 50.0 cm³/mol. The van der Waals surface area contributed by atoms with Gasteiger partial charge in [0.25, 0.3) is 0 Å². The standard InChI is InChI=1S/C9H18N2O2/c1-7-4-11(5-8(7)6-12)9(13)2-3-10/h7-8,12H,2-6,10H2,1H3/t7-,8-/m1/s1. The van der Waals surface area contributed by atoms with E-state index in [9.17, 15) is 4.79 Å². The van der Waals surface area contributed by atoms with Crippen molar-refractivity contribution in [3.05, 3.63) is 0 Å². The number of aliphatic hydroxyl groups is 1. The van der Waals surface area contributed by atoms with Gasteiger partial charge < -0.3 is 15.7 Å². The Morgan fingerprint density at radius 3 is 2.77 bits per heavy atom. The molecule has 0 bridgehead atoms. The first-order chi connectivity index (χ1) is 6.19. The van der Waals surface area contributed by atoms with E-state index in [0.29, 0.717) is 25.4 Å². The first kappa shape index (κ1) is 10.5. The van der Waals surface area contributed by atoms with E-state index in [0.717, 1.165) is 6.54 Å². The Labute approximate surface area is 78.7 Å². The van der Waals surface area contributed by atoms with Gasteiger partial charge in [0.05, 0.1) is 0 Å². The van der Waals surface area contributed by atoms with E-state index in [1.807, 2.05) is 0 Å². The average Bonchev–Trinajstić information content (AvgIpc) is 2.47. The summed E-state index contributed by atoms with van der Waals surface area (Å²) in [5.41, 5.74) is 5.30. The van der Waals surface area contributed by atoms with Crippen molar-refractivity contribution >= 4 is 5.91 Å². The Morgan fingerprint density at radius 2 is 2.31 bits per heavy atom. The molecule has 0 unspecified atom stereocenters. The van der Waals surface area contributed by atoms with Crippen molar-refractivity contribution in [2.24, 2.45) is 17.6 Å². The minimum absolute atomic E-state index is 0.116. The maximum atomic E-state index is 11.4. The smallest absolute Gasteiger partial charge is 0.223 e. The van der Waals surface area contributed by atoms with Gasteiger partial charge in [0.15, 0.2) is 0 Å². The van der Waals surface area contributed by atoms with Crippen molar-refractivity contribution in [1.82, 2.24) is 4.90 Å². The number of aliphatic hydroxyl groups excluding tert-OH is 1. The summed E-state index contributed by atoms with van der Waals surface area (Å²) in [6, 6.07) is 0. The fourth-order valence-electron chi connectivity index (χ4n) is 1.76. The quantitative estimate of drug-likeness (QED) is 0.620. The predicted octanol–water partition coefficient (Wildman–Crippen LogP) is -0.578. The number of nitrogens with zero attached hydrogens (tertiary/aromatic N) is 1. The van der Waals surface area contributed by atoms with Gasteiger partial charge >= 0.3 is 0 Å². The van der Waals surface area contributed by atoms with E-state index < -0.39 is 0 Å². The van der Waals surface area contributed by atoms with Crippen LogP contribution in [0.3, 0.4) is 0 Å². The van der Waals surface area contributed by atoms with Crippen LogP contribution in [0.15, 0.2) is 0 Å². The fraction of sp³-hybridized carbons (Fsp3) is 0.889. The van der Waals surface area contributed by atoms with E-state index in [4.69, 9.17) is 10.8 Å². The second-order valence-corrected chi connectivity index (χ2v) is 3.76.